The van der Waals surface area contributed by atoms with Gasteiger partial charge in [0.25, 0.3) is 5.91 Å². The maximum absolute atomic E-state index is 12.8. The van der Waals surface area contributed by atoms with Gasteiger partial charge in [-0.3, -0.25) is 9.78 Å². The number of carbonyl (C=O) groups is 2. The smallest absolute Gasteiger partial charge is 0.337 e. The largest absolute Gasteiger partial charge is 0.493 e. The third-order valence-electron chi connectivity index (χ3n) is 5.10. The Labute approximate surface area is 191 Å². The van der Waals surface area contributed by atoms with E-state index in [2.05, 4.69) is 22.4 Å². The van der Waals surface area contributed by atoms with Gasteiger partial charge in [-0.15, -0.1) is 0 Å². The van der Waals surface area contributed by atoms with Crippen LogP contribution in [0.4, 0.5) is 5.69 Å². The molecule has 4 aromatic rings. The first kappa shape index (κ1) is 21.8. The lowest BCUT2D eigenvalue weighted by molar-refractivity contribution is 0.0697. The van der Waals surface area contributed by atoms with Crippen LogP contribution in [0, 0.1) is 0 Å². The van der Waals surface area contributed by atoms with Gasteiger partial charge in [-0.05, 0) is 59.2 Å². The topological polar surface area (TPSA) is 88.5 Å². The highest BCUT2D eigenvalue weighted by Gasteiger charge is 2.14. The molecule has 1 heterocycles. The van der Waals surface area contributed by atoms with Gasteiger partial charge in [0.1, 0.15) is 5.75 Å². The highest BCUT2D eigenvalue weighted by molar-refractivity contribution is 6.05. The maximum Gasteiger partial charge on any atom is 0.337 e. The molecule has 33 heavy (non-hydrogen) atoms. The second-order valence-corrected chi connectivity index (χ2v) is 7.37. The van der Waals surface area contributed by atoms with Crippen LogP contribution in [0.15, 0.2) is 97.3 Å². The van der Waals surface area contributed by atoms with Crippen molar-refractivity contribution in [1.82, 2.24) is 4.98 Å². The number of rotatable bonds is 8. The zero-order valence-corrected chi connectivity index (χ0v) is 17.8. The summed E-state index contributed by atoms with van der Waals surface area (Å²) in [5, 5.41) is 12.3. The summed E-state index contributed by atoms with van der Waals surface area (Å²) in [6.07, 6.45) is 3.64. The first-order chi connectivity index (χ1) is 16.1. The minimum absolute atomic E-state index is 0.0814. The molecule has 0 radical (unpaired) electrons. The minimum Gasteiger partial charge on any atom is -0.493 e. The Morgan fingerprint density at radius 1 is 0.909 bits per heavy atom. The fourth-order valence-corrected chi connectivity index (χ4v) is 3.41. The molecule has 2 N–H and O–H groups in total. The van der Waals surface area contributed by atoms with E-state index in [1.807, 2.05) is 30.3 Å². The van der Waals surface area contributed by atoms with Gasteiger partial charge >= 0.3 is 5.97 Å². The molecule has 1 amide bonds. The van der Waals surface area contributed by atoms with E-state index in [0.717, 1.165) is 12.2 Å². The minimum atomic E-state index is -1.07. The molecule has 0 unspecified atom stereocenters. The van der Waals surface area contributed by atoms with Crippen LogP contribution in [0.3, 0.4) is 0 Å². The van der Waals surface area contributed by atoms with E-state index in [9.17, 15) is 14.7 Å². The molecule has 0 aliphatic carbocycles. The third-order valence-corrected chi connectivity index (χ3v) is 5.10. The number of carboxylic acids is 1. The van der Waals surface area contributed by atoms with Crippen molar-refractivity contribution < 1.29 is 19.4 Å². The van der Waals surface area contributed by atoms with Gasteiger partial charge in [-0.1, -0.05) is 42.5 Å². The number of hydrogen-bond acceptors (Lipinski definition) is 4. The lowest BCUT2D eigenvalue weighted by Crippen LogP contribution is -2.12. The second kappa shape index (κ2) is 10.2. The van der Waals surface area contributed by atoms with Gasteiger partial charge in [0.05, 0.1) is 12.2 Å². The molecule has 0 atom stereocenters. The molecule has 164 valence electrons. The van der Waals surface area contributed by atoms with E-state index in [1.165, 1.54) is 18.0 Å². The molecular formula is C27H22N2O4. The van der Waals surface area contributed by atoms with Gasteiger partial charge in [0.15, 0.2) is 0 Å². The van der Waals surface area contributed by atoms with Gasteiger partial charge in [0.2, 0.25) is 0 Å². The molecular weight excluding hydrogens is 416 g/mol. The van der Waals surface area contributed by atoms with Crippen LogP contribution in [0.5, 0.6) is 5.75 Å². The lowest BCUT2D eigenvalue weighted by Gasteiger charge is -2.10. The SMILES string of the molecule is O=C(Nc1ccc(OCCc2ccccc2)cc1)c1cccc(-c2ccncc2C(=O)O)c1. The van der Waals surface area contributed by atoms with Gasteiger partial charge in [-0.25, -0.2) is 4.79 Å². The molecule has 0 spiro atoms. The molecule has 4 rings (SSSR count). The Morgan fingerprint density at radius 3 is 2.45 bits per heavy atom. The van der Waals surface area contributed by atoms with Crippen LogP contribution < -0.4 is 10.1 Å². The number of benzene rings is 3. The van der Waals surface area contributed by atoms with E-state index in [-0.39, 0.29) is 11.5 Å². The van der Waals surface area contributed by atoms with Crippen molar-refractivity contribution in [3.8, 4) is 16.9 Å². The van der Waals surface area contributed by atoms with Crippen LogP contribution in [0.2, 0.25) is 0 Å². The molecule has 0 bridgehead atoms. The standard InChI is InChI=1S/C27H22N2O4/c30-26(21-8-4-7-20(17-21)24-13-15-28-18-25(24)27(31)32)29-22-9-11-23(12-10-22)33-16-14-19-5-2-1-3-6-19/h1-13,15,17-18H,14,16H2,(H,29,30)(H,31,32). The maximum atomic E-state index is 12.8. The van der Waals surface area contributed by atoms with Crippen molar-refractivity contribution >= 4 is 17.6 Å². The van der Waals surface area contributed by atoms with Crippen molar-refractivity contribution in [2.45, 2.75) is 6.42 Å². The first-order valence-electron chi connectivity index (χ1n) is 10.5. The number of carboxylic acid groups (broad SMARTS) is 1. The number of carbonyl (C=O) groups excluding carboxylic acids is 1. The van der Waals surface area contributed by atoms with E-state index in [1.54, 1.807) is 42.5 Å². The highest BCUT2D eigenvalue weighted by atomic mass is 16.5. The van der Waals surface area contributed by atoms with Gasteiger partial charge in [0, 0.05) is 30.1 Å². The number of aromatic nitrogens is 1. The van der Waals surface area contributed by atoms with Crippen molar-refractivity contribution in [2.24, 2.45) is 0 Å². The number of amides is 1. The number of pyridine rings is 1. The van der Waals surface area contributed by atoms with Crippen molar-refractivity contribution in [2.75, 3.05) is 11.9 Å². The number of anilines is 1. The average Bonchev–Trinajstić information content (AvgIpc) is 2.86. The van der Waals surface area contributed by atoms with Crippen LogP contribution in [-0.4, -0.2) is 28.6 Å². The molecule has 0 aliphatic heterocycles. The van der Waals surface area contributed by atoms with Crippen LogP contribution in [0.1, 0.15) is 26.3 Å². The normalized spacial score (nSPS) is 10.4. The quantitative estimate of drug-likeness (QED) is 0.389. The van der Waals surface area contributed by atoms with E-state index in [4.69, 9.17) is 4.74 Å². The highest BCUT2D eigenvalue weighted by Crippen LogP contribution is 2.24. The molecule has 6 nitrogen and oxygen atoms in total. The summed E-state index contributed by atoms with van der Waals surface area (Å²) in [6, 6.07) is 25.8. The zero-order valence-electron chi connectivity index (χ0n) is 17.8. The summed E-state index contributed by atoms with van der Waals surface area (Å²) in [7, 11) is 0. The molecule has 6 heteroatoms. The summed E-state index contributed by atoms with van der Waals surface area (Å²) in [5.74, 6) is -0.635. The van der Waals surface area contributed by atoms with Gasteiger partial charge in [-0.2, -0.15) is 0 Å². The van der Waals surface area contributed by atoms with E-state index in [0.29, 0.717) is 29.0 Å². The van der Waals surface area contributed by atoms with Crippen LogP contribution >= 0.6 is 0 Å². The summed E-state index contributed by atoms with van der Waals surface area (Å²) < 4.78 is 5.78. The Hall–Kier alpha value is -4.45. The van der Waals surface area contributed by atoms with Crippen LogP contribution in [-0.2, 0) is 6.42 Å². The molecule has 1 aromatic heterocycles. The Morgan fingerprint density at radius 2 is 1.70 bits per heavy atom. The molecule has 0 fully saturated rings. The van der Waals surface area contributed by atoms with E-state index >= 15 is 0 Å². The van der Waals surface area contributed by atoms with E-state index < -0.39 is 5.97 Å². The number of nitrogens with zero attached hydrogens (tertiary/aromatic N) is 1. The lowest BCUT2D eigenvalue weighted by atomic mass is 9.99. The summed E-state index contributed by atoms with van der Waals surface area (Å²) in [5.41, 5.74) is 3.48. The number of ether oxygens (including phenoxy) is 1. The number of aromatic carboxylic acids is 1. The summed E-state index contributed by atoms with van der Waals surface area (Å²) >= 11 is 0. The summed E-state index contributed by atoms with van der Waals surface area (Å²) in [4.78, 5) is 28.1. The Balaban J connectivity index is 1.39. The average molecular weight is 438 g/mol. The molecule has 0 saturated heterocycles. The number of hydrogen-bond donors (Lipinski definition) is 2. The van der Waals surface area contributed by atoms with Crippen molar-refractivity contribution in [3.05, 3.63) is 114 Å². The first-order valence-corrected chi connectivity index (χ1v) is 10.5. The second-order valence-electron chi connectivity index (χ2n) is 7.37. The Kier molecular flexibility index (Phi) is 6.75. The predicted molar refractivity (Wildman–Crippen MR) is 127 cm³/mol. The van der Waals surface area contributed by atoms with Gasteiger partial charge < -0.3 is 15.2 Å². The molecule has 3 aromatic carbocycles. The predicted octanol–water partition coefficient (Wildman–Crippen LogP) is 5.32. The molecule has 0 saturated carbocycles. The third kappa shape index (κ3) is 5.62. The number of nitrogens with one attached hydrogen (secondary N) is 1. The summed E-state index contributed by atoms with van der Waals surface area (Å²) in [6.45, 7) is 0.565. The fourth-order valence-electron chi connectivity index (χ4n) is 3.41. The monoisotopic (exact) mass is 438 g/mol. The molecule has 0 aliphatic rings. The van der Waals surface area contributed by atoms with Crippen molar-refractivity contribution in [3.63, 3.8) is 0 Å². The van der Waals surface area contributed by atoms with Crippen LogP contribution in [0.25, 0.3) is 11.1 Å². The zero-order chi connectivity index (χ0) is 23.0. The fraction of sp³-hybridized carbons (Fsp3) is 0.0741. The van der Waals surface area contributed by atoms with Crippen molar-refractivity contribution in [1.29, 1.82) is 0 Å². The Bertz CT molecular complexity index is 1250.